The number of rotatable bonds is 3. The first-order valence-corrected chi connectivity index (χ1v) is 12.0. The molecule has 0 aromatic carbocycles. The zero-order valence-corrected chi connectivity index (χ0v) is 20.5. The Kier molecular flexibility index (Phi) is 7.41. The first-order valence-electron chi connectivity index (χ1n) is 12.0. The summed E-state index contributed by atoms with van der Waals surface area (Å²) in [5.74, 6) is 3.97. The standard InChI is InChI=1S/C26H50O2/c1-15(2)19-11-17(12-20(16(3)4)23(19)27)18-13-21(25(5,6)7)24(28)22(14-18)26(8,9)10/h15-24,27-28H,11-14H2,1-10H3. The van der Waals surface area contributed by atoms with Crippen LogP contribution in [0.25, 0.3) is 0 Å². The topological polar surface area (TPSA) is 40.5 Å². The Balaban J connectivity index is 2.32. The van der Waals surface area contributed by atoms with Crippen LogP contribution in [0.3, 0.4) is 0 Å². The molecule has 2 aliphatic rings. The molecule has 0 saturated heterocycles. The smallest absolute Gasteiger partial charge is 0.0606 e. The first-order chi connectivity index (χ1) is 12.6. The lowest BCUT2D eigenvalue weighted by Gasteiger charge is -2.53. The van der Waals surface area contributed by atoms with Crippen LogP contribution in [-0.2, 0) is 0 Å². The number of hydrogen-bond acceptors (Lipinski definition) is 2. The maximum absolute atomic E-state index is 11.3. The van der Waals surface area contributed by atoms with Crippen molar-refractivity contribution in [1.29, 1.82) is 0 Å². The van der Waals surface area contributed by atoms with Gasteiger partial charge in [-0.15, -0.1) is 0 Å². The zero-order chi connectivity index (χ0) is 21.6. The van der Waals surface area contributed by atoms with Crippen molar-refractivity contribution in [2.75, 3.05) is 0 Å². The third-order valence-electron chi connectivity index (χ3n) is 8.57. The Labute approximate surface area is 175 Å². The lowest BCUT2D eigenvalue weighted by atomic mass is 9.54. The minimum absolute atomic E-state index is 0.130. The van der Waals surface area contributed by atoms with Crippen LogP contribution >= 0.6 is 0 Å². The predicted octanol–water partition coefficient (Wildman–Crippen LogP) is 6.40. The van der Waals surface area contributed by atoms with Gasteiger partial charge in [-0.25, -0.2) is 0 Å². The number of aliphatic hydroxyl groups excluding tert-OH is 2. The van der Waals surface area contributed by atoms with E-state index in [1.165, 1.54) is 0 Å². The Hall–Kier alpha value is -0.0800. The Morgan fingerprint density at radius 1 is 0.571 bits per heavy atom. The van der Waals surface area contributed by atoms with Crippen LogP contribution < -0.4 is 0 Å². The summed E-state index contributed by atoms with van der Waals surface area (Å²) in [4.78, 5) is 0. The molecule has 0 radical (unpaired) electrons. The second kappa shape index (κ2) is 8.58. The van der Waals surface area contributed by atoms with Crippen molar-refractivity contribution in [2.24, 2.45) is 58.2 Å². The highest BCUT2D eigenvalue weighted by atomic mass is 16.3. The number of hydrogen-bond donors (Lipinski definition) is 2. The molecule has 0 heterocycles. The molecule has 0 aromatic heterocycles. The molecule has 4 unspecified atom stereocenters. The Morgan fingerprint density at radius 3 is 1.18 bits per heavy atom. The third-order valence-corrected chi connectivity index (χ3v) is 8.57. The molecule has 2 N–H and O–H groups in total. The molecule has 0 bridgehead atoms. The molecule has 0 spiro atoms. The monoisotopic (exact) mass is 394 g/mol. The van der Waals surface area contributed by atoms with E-state index in [-0.39, 0.29) is 23.0 Å². The van der Waals surface area contributed by atoms with Crippen molar-refractivity contribution in [2.45, 2.75) is 107 Å². The van der Waals surface area contributed by atoms with Crippen LogP contribution in [0.5, 0.6) is 0 Å². The van der Waals surface area contributed by atoms with Gasteiger partial charge in [0, 0.05) is 0 Å². The summed E-state index contributed by atoms with van der Waals surface area (Å²) in [6.45, 7) is 23.0. The predicted molar refractivity (Wildman–Crippen MR) is 120 cm³/mol. The van der Waals surface area contributed by atoms with E-state index >= 15 is 0 Å². The van der Waals surface area contributed by atoms with Crippen molar-refractivity contribution in [1.82, 2.24) is 0 Å². The fourth-order valence-corrected chi connectivity index (χ4v) is 6.53. The van der Waals surface area contributed by atoms with Gasteiger partial charge in [0.25, 0.3) is 0 Å². The highest BCUT2D eigenvalue weighted by molar-refractivity contribution is 4.99. The van der Waals surface area contributed by atoms with E-state index < -0.39 is 0 Å². The van der Waals surface area contributed by atoms with Crippen molar-refractivity contribution in [3.8, 4) is 0 Å². The van der Waals surface area contributed by atoms with Crippen molar-refractivity contribution >= 4 is 0 Å². The molecule has 0 amide bonds. The SMILES string of the molecule is CC(C)C1CC(C2CC(C(C)(C)C)C(O)C(C(C)(C)C)C2)CC(C(C)C)C1O. The van der Waals surface area contributed by atoms with Gasteiger partial charge in [0.2, 0.25) is 0 Å². The van der Waals surface area contributed by atoms with Gasteiger partial charge >= 0.3 is 0 Å². The fraction of sp³-hybridized carbons (Fsp3) is 1.00. The average molecular weight is 395 g/mol. The highest BCUT2D eigenvalue weighted by Gasteiger charge is 2.50. The minimum Gasteiger partial charge on any atom is -0.393 e. The maximum Gasteiger partial charge on any atom is 0.0606 e. The zero-order valence-electron chi connectivity index (χ0n) is 20.5. The van der Waals surface area contributed by atoms with E-state index in [0.717, 1.165) is 25.7 Å². The van der Waals surface area contributed by atoms with Gasteiger partial charge in [0.15, 0.2) is 0 Å². The molecule has 2 rings (SSSR count). The molecule has 2 nitrogen and oxygen atoms in total. The van der Waals surface area contributed by atoms with Crippen LogP contribution in [0, 0.1) is 58.2 Å². The summed E-state index contributed by atoms with van der Waals surface area (Å²) < 4.78 is 0. The lowest BCUT2D eigenvalue weighted by Crippen LogP contribution is -2.50. The Bertz CT molecular complexity index is 454. The molecule has 2 aliphatic carbocycles. The van der Waals surface area contributed by atoms with Crippen LogP contribution in [-0.4, -0.2) is 22.4 Å². The quantitative estimate of drug-likeness (QED) is 0.581. The van der Waals surface area contributed by atoms with Crippen molar-refractivity contribution < 1.29 is 10.2 Å². The maximum atomic E-state index is 11.3. The molecule has 166 valence electrons. The van der Waals surface area contributed by atoms with E-state index in [2.05, 4.69) is 69.2 Å². The lowest BCUT2D eigenvalue weighted by molar-refractivity contribution is -0.110. The summed E-state index contributed by atoms with van der Waals surface area (Å²) >= 11 is 0. The van der Waals surface area contributed by atoms with E-state index in [1.807, 2.05) is 0 Å². The van der Waals surface area contributed by atoms with Gasteiger partial charge in [0.1, 0.15) is 0 Å². The normalized spacial score (nSPS) is 40.9. The summed E-state index contributed by atoms with van der Waals surface area (Å²) in [6, 6.07) is 0. The third kappa shape index (κ3) is 5.15. The molecule has 4 atom stereocenters. The molecule has 0 aromatic rings. The van der Waals surface area contributed by atoms with Crippen LogP contribution in [0.2, 0.25) is 0 Å². The van der Waals surface area contributed by atoms with Crippen molar-refractivity contribution in [3.63, 3.8) is 0 Å². The second-order valence-corrected chi connectivity index (χ2v) is 13.2. The van der Waals surface area contributed by atoms with Gasteiger partial charge in [-0.3, -0.25) is 0 Å². The summed E-state index contributed by atoms with van der Waals surface area (Å²) in [7, 11) is 0. The van der Waals surface area contributed by atoms with E-state index in [0.29, 0.717) is 47.3 Å². The molecule has 2 saturated carbocycles. The van der Waals surface area contributed by atoms with Gasteiger partial charge < -0.3 is 10.2 Å². The molecular formula is C26H50O2. The summed E-state index contributed by atoms with van der Waals surface area (Å²) in [6.07, 6.45) is 4.27. The highest BCUT2D eigenvalue weighted by Crippen LogP contribution is 2.53. The van der Waals surface area contributed by atoms with Gasteiger partial charge in [-0.05, 0) is 83.9 Å². The van der Waals surface area contributed by atoms with Gasteiger partial charge in [-0.1, -0.05) is 69.2 Å². The molecule has 0 aliphatic heterocycles. The second-order valence-electron chi connectivity index (χ2n) is 13.2. The largest absolute Gasteiger partial charge is 0.393 e. The summed E-state index contributed by atoms with van der Waals surface area (Å²) in [5, 5.41) is 22.3. The van der Waals surface area contributed by atoms with Crippen LogP contribution in [0.4, 0.5) is 0 Å². The van der Waals surface area contributed by atoms with Gasteiger partial charge in [-0.2, -0.15) is 0 Å². The molecular weight excluding hydrogens is 344 g/mol. The Morgan fingerprint density at radius 2 is 0.893 bits per heavy atom. The number of aliphatic hydroxyl groups is 2. The molecule has 28 heavy (non-hydrogen) atoms. The van der Waals surface area contributed by atoms with Crippen LogP contribution in [0.15, 0.2) is 0 Å². The van der Waals surface area contributed by atoms with Gasteiger partial charge in [0.05, 0.1) is 12.2 Å². The fourth-order valence-electron chi connectivity index (χ4n) is 6.53. The average Bonchev–Trinajstić information content (AvgIpc) is 2.52. The van der Waals surface area contributed by atoms with Crippen molar-refractivity contribution in [3.05, 3.63) is 0 Å². The summed E-state index contributed by atoms with van der Waals surface area (Å²) in [5.41, 5.74) is 0.259. The van der Waals surface area contributed by atoms with E-state index in [9.17, 15) is 10.2 Å². The van der Waals surface area contributed by atoms with Crippen LogP contribution in [0.1, 0.15) is 94.9 Å². The molecule has 2 heteroatoms. The van der Waals surface area contributed by atoms with E-state index in [4.69, 9.17) is 0 Å². The molecule has 2 fully saturated rings. The first kappa shape index (κ1) is 24.2. The minimum atomic E-state index is -0.202. The van der Waals surface area contributed by atoms with E-state index in [1.54, 1.807) is 0 Å².